The van der Waals surface area contributed by atoms with Gasteiger partial charge < -0.3 is 15.5 Å². The van der Waals surface area contributed by atoms with Crippen LogP contribution in [0.1, 0.15) is 5.56 Å². The fourth-order valence-corrected chi connectivity index (χ4v) is 2.40. The lowest BCUT2D eigenvalue weighted by Gasteiger charge is -2.18. The van der Waals surface area contributed by atoms with Crippen LogP contribution in [0.2, 0.25) is 0 Å². The summed E-state index contributed by atoms with van der Waals surface area (Å²) in [6, 6.07) is 15.2. The minimum absolute atomic E-state index is 0.0590. The number of likely N-dealkylation sites (N-methyl/N-ethyl adjacent to an activating group) is 1. The van der Waals surface area contributed by atoms with E-state index in [4.69, 9.17) is 0 Å². The fourth-order valence-electron chi connectivity index (χ4n) is 2.15. The van der Waals surface area contributed by atoms with Crippen LogP contribution in [0.3, 0.4) is 0 Å². The average Bonchev–Trinajstić information content (AvgIpc) is 2.57. The monoisotopic (exact) mass is 389 g/mol. The number of rotatable bonds is 6. The van der Waals surface area contributed by atoms with Crippen LogP contribution >= 0.6 is 15.9 Å². The van der Waals surface area contributed by atoms with E-state index in [9.17, 15) is 9.59 Å². The minimum Gasteiger partial charge on any atom is -0.365 e. The standard InChI is InChI=1S/C18H20BrN3O2/c1-13-10-14(8-9-16(13)19)21-17(23)11-20-18(24)12-22(2)15-6-4-3-5-7-15/h3-10H,11-12H2,1-2H3,(H,20,24)(H,21,23). The van der Waals surface area contributed by atoms with Gasteiger partial charge in [-0.25, -0.2) is 0 Å². The highest BCUT2D eigenvalue weighted by atomic mass is 79.9. The number of carbonyl (C=O) groups is 2. The van der Waals surface area contributed by atoms with Crippen molar-refractivity contribution in [1.82, 2.24) is 5.32 Å². The lowest BCUT2D eigenvalue weighted by atomic mass is 10.2. The molecule has 2 N–H and O–H groups in total. The van der Waals surface area contributed by atoms with Crippen molar-refractivity contribution >= 4 is 39.1 Å². The molecule has 24 heavy (non-hydrogen) atoms. The van der Waals surface area contributed by atoms with E-state index in [0.717, 1.165) is 15.7 Å². The van der Waals surface area contributed by atoms with Crippen molar-refractivity contribution in [3.8, 4) is 0 Å². The molecule has 2 aromatic carbocycles. The molecule has 0 spiro atoms. The first kappa shape index (κ1) is 18.0. The van der Waals surface area contributed by atoms with E-state index in [0.29, 0.717) is 5.69 Å². The first-order valence-electron chi connectivity index (χ1n) is 7.54. The Balaban J connectivity index is 1.78. The van der Waals surface area contributed by atoms with Gasteiger partial charge in [0.15, 0.2) is 0 Å². The summed E-state index contributed by atoms with van der Waals surface area (Å²) in [4.78, 5) is 25.7. The molecular weight excluding hydrogens is 370 g/mol. The summed E-state index contributed by atoms with van der Waals surface area (Å²) in [5.74, 6) is -0.462. The molecule has 2 rings (SSSR count). The molecule has 0 saturated carbocycles. The summed E-state index contributed by atoms with van der Waals surface area (Å²) in [6.45, 7) is 2.08. The third kappa shape index (κ3) is 5.38. The Morgan fingerprint density at radius 1 is 1.08 bits per heavy atom. The van der Waals surface area contributed by atoms with Crippen LogP contribution in [-0.2, 0) is 9.59 Å². The van der Waals surface area contributed by atoms with Gasteiger partial charge in [0.1, 0.15) is 0 Å². The first-order valence-corrected chi connectivity index (χ1v) is 8.34. The summed E-state index contributed by atoms with van der Waals surface area (Å²) in [5.41, 5.74) is 2.68. The maximum Gasteiger partial charge on any atom is 0.243 e. The molecule has 0 aromatic heterocycles. The van der Waals surface area contributed by atoms with Crippen LogP contribution < -0.4 is 15.5 Å². The maximum absolute atomic E-state index is 11.9. The van der Waals surface area contributed by atoms with Crippen molar-refractivity contribution in [3.05, 3.63) is 58.6 Å². The lowest BCUT2D eigenvalue weighted by Crippen LogP contribution is -2.39. The highest BCUT2D eigenvalue weighted by Gasteiger charge is 2.09. The normalized spacial score (nSPS) is 10.1. The van der Waals surface area contributed by atoms with Crippen molar-refractivity contribution in [2.24, 2.45) is 0 Å². The third-order valence-corrected chi connectivity index (χ3v) is 4.36. The number of nitrogens with one attached hydrogen (secondary N) is 2. The molecule has 0 aliphatic heterocycles. The fraction of sp³-hybridized carbons (Fsp3) is 0.222. The highest BCUT2D eigenvalue weighted by molar-refractivity contribution is 9.10. The molecular formula is C18H20BrN3O2. The number of halogens is 1. The number of hydrogen-bond donors (Lipinski definition) is 2. The van der Waals surface area contributed by atoms with Gasteiger partial charge in [-0.05, 0) is 42.8 Å². The zero-order chi connectivity index (χ0) is 17.5. The van der Waals surface area contributed by atoms with E-state index in [1.807, 2.05) is 61.3 Å². The first-order chi connectivity index (χ1) is 11.5. The molecule has 0 atom stereocenters. The van der Waals surface area contributed by atoms with Crippen LogP contribution in [0.15, 0.2) is 53.0 Å². The molecule has 2 aromatic rings. The van der Waals surface area contributed by atoms with Crippen LogP contribution in [0, 0.1) is 6.92 Å². The molecule has 0 heterocycles. The summed E-state index contributed by atoms with van der Waals surface area (Å²) in [5, 5.41) is 5.39. The number of anilines is 2. The second-order valence-corrected chi connectivity index (χ2v) is 6.33. The Morgan fingerprint density at radius 2 is 1.79 bits per heavy atom. The number of nitrogens with zero attached hydrogens (tertiary/aromatic N) is 1. The van der Waals surface area contributed by atoms with Gasteiger partial charge in [-0.2, -0.15) is 0 Å². The van der Waals surface area contributed by atoms with Crippen molar-refractivity contribution in [1.29, 1.82) is 0 Å². The smallest absolute Gasteiger partial charge is 0.243 e. The molecule has 0 saturated heterocycles. The number of para-hydroxylation sites is 1. The Bertz CT molecular complexity index is 719. The zero-order valence-corrected chi connectivity index (χ0v) is 15.3. The maximum atomic E-state index is 11.9. The Kier molecular flexibility index (Phi) is 6.37. The molecule has 0 unspecified atom stereocenters. The lowest BCUT2D eigenvalue weighted by molar-refractivity contribution is -0.123. The number of amides is 2. The predicted molar refractivity (Wildman–Crippen MR) is 100 cm³/mol. The van der Waals surface area contributed by atoms with Gasteiger partial charge in [-0.3, -0.25) is 9.59 Å². The summed E-state index contributed by atoms with van der Waals surface area (Å²) in [7, 11) is 1.83. The van der Waals surface area contributed by atoms with E-state index in [1.165, 1.54) is 0 Å². The third-order valence-electron chi connectivity index (χ3n) is 3.47. The van der Waals surface area contributed by atoms with Gasteiger partial charge in [0.25, 0.3) is 0 Å². The van der Waals surface area contributed by atoms with Crippen LogP contribution in [0.4, 0.5) is 11.4 Å². The molecule has 0 aliphatic carbocycles. The van der Waals surface area contributed by atoms with Crippen LogP contribution in [0.5, 0.6) is 0 Å². The molecule has 0 radical (unpaired) electrons. The number of hydrogen-bond acceptors (Lipinski definition) is 3. The van der Waals surface area contributed by atoms with Gasteiger partial charge in [-0.1, -0.05) is 34.1 Å². The Hall–Kier alpha value is -2.34. The van der Waals surface area contributed by atoms with Gasteiger partial charge in [0.05, 0.1) is 13.1 Å². The Labute approximate surface area is 150 Å². The van der Waals surface area contributed by atoms with Crippen molar-refractivity contribution in [2.75, 3.05) is 30.4 Å². The molecule has 126 valence electrons. The highest BCUT2D eigenvalue weighted by Crippen LogP contribution is 2.19. The van der Waals surface area contributed by atoms with Crippen LogP contribution in [0.25, 0.3) is 0 Å². The van der Waals surface area contributed by atoms with Gasteiger partial charge in [0.2, 0.25) is 11.8 Å². The van der Waals surface area contributed by atoms with Gasteiger partial charge in [0, 0.05) is 22.9 Å². The molecule has 0 aliphatic rings. The largest absolute Gasteiger partial charge is 0.365 e. The molecule has 5 nitrogen and oxygen atoms in total. The molecule has 0 bridgehead atoms. The van der Waals surface area contributed by atoms with Gasteiger partial charge in [-0.15, -0.1) is 0 Å². The summed E-state index contributed by atoms with van der Waals surface area (Å²) >= 11 is 3.41. The van der Waals surface area contributed by atoms with Gasteiger partial charge >= 0.3 is 0 Å². The van der Waals surface area contributed by atoms with Crippen molar-refractivity contribution in [2.45, 2.75) is 6.92 Å². The van der Waals surface area contributed by atoms with E-state index >= 15 is 0 Å². The van der Waals surface area contributed by atoms with E-state index in [1.54, 1.807) is 6.07 Å². The summed E-state index contributed by atoms with van der Waals surface area (Å²) < 4.78 is 0.984. The quantitative estimate of drug-likeness (QED) is 0.798. The number of carbonyl (C=O) groups excluding carboxylic acids is 2. The minimum atomic E-state index is -0.257. The predicted octanol–water partition coefficient (Wildman–Crippen LogP) is 2.95. The second kappa shape index (κ2) is 8.49. The van der Waals surface area contributed by atoms with E-state index in [2.05, 4.69) is 26.6 Å². The molecule has 0 fully saturated rings. The SMILES string of the molecule is Cc1cc(NC(=O)CNC(=O)CN(C)c2ccccc2)ccc1Br. The summed E-state index contributed by atoms with van der Waals surface area (Å²) in [6.07, 6.45) is 0. The molecule has 2 amide bonds. The van der Waals surface area contributed by atoms with Crippen molar-refractivity contribution in [3.63, 3.8) is 0 Å². The number of benzene rings is 2. The van der Waals surface area contributed by atoms with E-state index in [-0.39, 0.29) is 24.9 Å². The molecule has 6 heteroatoms. The van der Waals surface area contributed by atoms with Crippen molar-refractivity contribution < 1.29 is 9.59 Å². The number of aryl methyl sites for hydroxylation is 1. The zero-order valence-electron chi connectivity index (χ0n) is 13.7. The average molecular weight is 390 g/mol. The topological polar surface area (TPSA) is 61.4 Å². The Morgan fingerprint density at radius 3 is 2.46 bits per heavy atom. The van der Waals surface area contributed by atoms with E-state index < -0.39 is 0 Å². The second-order valence-electron chi connectivity index (χ2n) is 5.48. The van der Waals surface area contributed by atoms with Crippen LogP contribution in [-0.4, -0.2) is 32.0 Å².